The van der Waals surface area contributed by atoms with E-state index in [4.69, 9.17) is 14.5 Å². The molecule has 9 heteroatoms. The van der Waals surface area contributed by atoms with Crippen LogP contribution in [0.1, 0.15) is 29.1 Å². The minimum atomic E-state index is -1.15. The normalized spacial score (nSPS) is 24.9. The van der Waals surface area contributed by atoms with Gasteiger partial charge in [0.05, 0.1) is 33.8 Å². The highest BCUT2D eigenvalue weighted by atomic mass is 32.1. The fourth-order valence-corrected chi connectivity index (χ4v) is 5.89. The van der Waals surface area contributed by atoms with Crippen molar-refractivity contribution in [2.45, 2.75) is 25.6 Å². The zero-order valence-electron chi connectivity index (χ0n) is 15.9. The molecule has 1 aromatic carbocycles. The van der Waals surface area contributed by atoms with Crippen molar-refractivity contribution in [3.05, 3.63) is 65.6 Å². The molecule has 0 amide bonds. The van der Waals surface area contributed by atoms with Gasteiger partial charge in [-0.2, -0.15) is 0 Å². The smallest absolute Gasteiger partial charge is 0.317 e. The predicted octanol–water partition coefficient (Wildman–Crippen LogP) is 1.62. The van der Waals surface area contributed by atoms with Gasteiger partial charge in [0.2, 0.25) is 5.72 Å². The molecule has 2 bridgehead atoms. The average molecular weight is 428 g/mol. The van der Waals surface area contributed by atoms with Crippen LogP contribution < -0.4 is 19.6 Å². The molecule has 3 aromatic rings. The molecule has 7 nitrogen and oxygen atoms in total. The van der Waals surface area contributed by atoms with Crippen LogP contribution in [0.15, 0.2) is 39.6 Å². The largest absolute Gasteiger partial charge is 0.469 e. The molecule has 29 heavy (non-hydrogen) atoms. The van der Waals surface area contributed by atoms with Crippen LogP contribution in [0.25, 0.3) is 6.08 Å². The molecule has 0 N–H and O–H groups in total. The number of benzene rings is 1. The standard InChI is InChI=1S/C20H17N3O4S2/c1-10-13(28-9-21-10)8-14-17(24)23-16-11-6-4-5-7-12(11)27-20(2,22-19(23)29-14)15(16)18(25)26-3/h4-9,15-16H,1-3H3/b14-8-/t15-,16-,20-/m1/s1. The number of hydrogen-bond donors (Lipinski definition) is 0. The lowest BCUT2D eigenvalue weighted by Gasteiger charge is -2.44. The first-order valence-electron chi connectivity index (χ1n) is 9.02. The number of carbonyl (C=O) groups excluding carboxylic acids is 1. The van der Waals surface area contributed by atoms with Crippen molar-refractivity contribution >= 4 is 34.7 Å². The van der Waals surface area contributed by atoms with Crippen LogP contribution >= 0.6 is 22.7 Å². The second kappa shape index (κ2) is 6.36. The van der Waals surface area contributed by atoms with Gasteiger partial charge in [0.15, 0.2) is 4.80 Å². The molecule has 0 spiro atoms. The zero-order chi connectivity index (χ0) is 20.3. The first-order chi connectivity index (χ1) is 13.9. The Morgan fingerprint density at radius 1 is 1.38 bits per heavy atom. The molecular weight excluding hydrogens is 410 g/mol. The number of hydrogen-bond acceptors (Lipinski definition) is 8. The maximum absolute atomic E-state index is 13.4. The number of esters is 1. The van der Waals surface area contributed by atoms with Crippen molar-refractivity contribution < 1.29 is 14.3 Å². The van der Waals surface area contributed by atoms with Gasteiger partial charge >= 0.3 is 5.97 Å². The maximum atomic E-state index is 13.4. The van der Waals surface area contributed by atoms with E-state index in [1.807, 2.05) is 37.3 Å². The van der Waals surface area contributed by atoms with E-state index >= 15 is 0 Å². The summed E-state index contributed by atoms with van der Waals surface area (Å²) in [7, 11) is 1.34. The third kappa shape index (κ3) is 2.61. The number of methoxy groups -OCH3 is 1. The SMILES string of the molecule is COC(=O)[C@H]1[C@H]2c3ccccc3O[C@@]1(C)N=c1s/c(=C\c3scnc3C)c(=O)n12. The molecule has 0 saturated heterocycles. The maximum Gasteiger partial charge on any atom is 0.317 e. The highest BCUT2D eigenvalue weighted by Crippen LogP contribution is 2.47. The Hall–Kier alpha value is -2.78. The molecule has 0 fully saturated rings. The van der Waals surface area contributed by atoms with Gasteiger partial charge in [0.25, 0.3) is 5.56 Å². The average Bonchev–Trinajstić information content (AvgIpc) is 3.23. The van der Waals surface area contributed by atoms with E-state index in [-0.39, 0.29) is 5.56 Å². The first-order valence-corrected chi connectivity index (χ1v) is 10.7. The summed E-state index contributed by atoms with van der Waals surface area (Å²) in [5.41, 5.74) is 2.06. The molecule has 0 unspecified atom stereocenters. The molecule has 2 aromatic heterocycles. The molecule has 0 saturated carbocycles. The Morgan fingerprint density at radius 2 is 2.17 bits per heavy atom. The molecule has 0 aliphatic carbocycles. The first kappa shape index (κ1) is 18.3. The second-order valence-electron chi connectivity index (χ2n) is 7.12. The summed E-state index contributed by atoms with van der Waals surface area (Å²) < 4.78 is 13.4. The number of thiazole rings is 2. The van der Waals surface area contributed by atoms with Crippen LogP contribution in [-0.4, -0.2) is 28.4 Å². The van der Waals surface area contributed by atoms with Crippen molar-refractivity contribution in [1.82, 2.24) is 9.55 Å². The predicted molar refractivity (Wildman–Crippen MR) is 109 cm³/mol. The lowest BCUT2D eigenvalue weighted by atomic mass is 9.81. The molecule has 4 heterocycles. The fourth-order valence-electron chi connectivity index (χ4n) is 4.00. The number of carbonyl (C=O) groups is 1. The Kier molecular flexibility index (Phi) is 4.01. The number of aryl methyl sites for hydroxylation is 1. The number of rotatable bonds is 2. The summed E-state index contributed by atoms with van der Waals surface area (Å²) in [4.78, 5) is 36.5. The summed E-state index contributed by atoms with van der Waals surface area (Å²) in [6.07, 6.45) is 1.84. The Labute approximate surface area is 173 Å². The van der Waals surface area contributed by atoms with Gasteiger partial charge in [0.1, 0.15) is 11.7 Å². The number of aromatic nitrogens is 2. The topological polar surface area (TPSA) is 82.8 Å². The monoisotopic (exact) mass is 427 g/mol. The van der Waals surface area contributed by atoms with Crippen LogP contribution in [-0.2, 0) is 9.53 Å². The molecule has 3 atom stereocenters. The Morgan fingerprint density at radius 3 is 2.90 bits per heavy atom. The zero-order valence-corrected chi connectivity index (χ0v) is 17.5. The van der Waals surface area contributed by atoms with E-state index in [0.29, 0.717) is 15.1 Å². The number of ether oxygens (including phenoxy) is 2. The molecule has 0 radical (unpaired) electrons. The van der Waals surface area contributed by atoms with Crippen LogP contribution in [0.5, 0.6) is 5.75 Å². The third-order valence-electron chi connectivity index (χ3n) is 5.38. The van der Waals surface area contributed by atoms with E-state index in [1.54, 1.807) is 17.0 Å². The van der Waals surface area contributed by atoms with Crippen LogP contribution in [0.3, 0.4) is 0 Å². The number of fused-ring (bicyclic) bond motifs is 6. The minimum absolute atomic E-state index is 0.181. The van der Waals surface area contributed by atoms with Crippen LogP contribution in [0, 0.1) is 12.8 Å². The highest BCUT2D eigenvalue weighted by Gasteiger charge is 2.55. The number of para-hydroxylation sites is 1. The molecule has 5 rings (SSSR count). The third-order valence-corrected chi connectivity index (χ3v) is 7.24. The summed E-state index contributed by atoms with van der Waals surface area (Å²) in [5, 5.41) is 0. The molecule has 2 aliphatic rings. The van der Waals surface area contributed by atoms with Gasteiger partial charge in [-0.1, -0.05) is 29.5 Å². The lowest BCUT2D eigenvalue weighted by molar-refractivity contribution is -0.158. The van der Waals surface area contributed by atoms with Crippen molar-refractivity contribution in [1.29, 1.82) is 0 Å². The minimum Gasteiger partial charge on any atom is -0.469 e. The Balaban J connectivity index is 1.82. The summed E-state index contributed by atoms with van der Waals surface area (Å²) in [6.45, 7) is 3.67. The second-order valence-corrected chi connectivity index (χ2v) is 9.02. The van der Waals surface area contributed by atoms with E-state index in [2.05, 4.69) is 4.98 Å². The fraction of sp³-hybridized carbons (Fsp3) is 0.300. The summed E-state index contributed by atoms with van der Waals surface area (Å²) in [5.74, 6) is -0.597. The van der Waals surface area contributed by atoms with Gasteiger partial charge in [-0.15, -0.1) is 11.3 Å². The number of nitrogens with zero attached hydrogens (tertiary/aromatic N) is 3. The van der Waals surface area contributed by atoms with Crippen molar-refractivity contribution in [3.63, 3.8) is 0 Å². The summed E-state index contributed by atoms with van der Waals surface area (Å²) >= 11 is 2.77. The van der Waals surface area contributed by atoms with Crippen molar-refractivity contribution in [2.75, 3.05) is 7.11 Å². The Bertz CT molecular complexity index is 1320. The molecule has 2 aliphatic heterocycles. The van der Waals surface area contributed by atoms with Crippen LogP contribution in [0.2, 0.25) is 0 Å². The van der Waals surface area contributed by atoms with Crippen molar-refractivity contribution in [3.8, 4) is 5.75 Å². The quantitative estimate of drug-likeness (QED) is 0.581. The summed E-state index contributed by atoms with van der Waals surface area (Å²) in [6, 6.07) is 6.90. The van der Waals surface area contributed by atoms with E-state index in [9.17, 15) is 9.59 Å². The van der Waals surface area contributed by atoms with Gasteiger partial charge < -0.3 is 9.47 Å². The van der Waals surface area contributed by atoms with E-state index < -0.39 is 23.7 Å². The van der Waals surface area contributed by atoms with E-state index in [0.717, 1.165) is 16.1 Å². The van der Waals surface area contributed by atoms with Gasteiger partial charge in [-0.05, 0) is 26.0 Å². The van der Waals surface area contributed by atoms with Gasteiger partial charge in [0, 0.05) is 5.56 Å². The molecular formula is C20H17N3O4S2. The van der Waals surface area contributed by atoms with E-state index in [1.165, 1.54) is 29.8 Å². The van der Waals surface area contributed by atoms with Gasteiger partial charge in [-0.25, -0.2) is 9.98 Å². The van der Waals surface area contributed by atoms with Gasteiger partial charge in [-0.3, -0.25) is 14.2 Å². The highest BCUT2D eigenvalue weighted by molar-refractivity contribution is 7.11. The lowest BCUT2D eigenvalue weighted by Crippen LogP contribution is -2.58. The van der Waals surface area contributed by atoms with Crippen LogP contribution in [0.4, 0.5) is 0 Å². The molecule has 148 valence electrons. The van der Waals surface area contributed by atoms with Crippen molar-refractivity contribution in [2.24, 2.45) is 10.9 Å².